The Kier molecular flexibility index (Phi) is 2.77. The van der Waals surface area contributed by atoms with Gasteiger partial charge in [0.1, 0.15) is 0 Å². The molecule has 3 heteroatoms. The van der Waals surface area contributed by atoms with Gasteiger partial charge in [0.05, 0.1) is 0 Å². The van der Waals surface area contributed by atoms with E-state index in [0.29, 0.717) is 18.0 Å². The van der Waals surface area contributed by atoms with Crippen LogP contribution < -0.4 is 0 Å². The van der Waals surface area contributed by atoms with Crippen molar-refractivity contribution in [2.75, 3.05) is 13.1 Å². The van der Waals surface area contributed by atoms with Gasteiger partial charge in [0.25, 0.3) is 0 Å². The molecule has 16 heavy (non-hydrogen) atoms. The molecule has 2 rings (SSSR count). The number of carbonyl (C=O) groups is 1. The van der Waals surface area contributed by atoms with Crippen LogP contribution in [0.5, 0.6) is 0 Å². The van der Waals surface area contributed by atoms with Crippen molar-refractivity contribution in [3.05, 3.63) is 0 Å². The van der Waals surface area contributed by atoms with Gasteiger partial charge in [-0.1, -0.05) is 13.8 Å². The highest BCUT2D eigenvalue weighted by Crippen LogP contribution is 2.35. The first-order valence-corrected chi connectivity index (χ1v) is 6.38. The molecule has 2 heterocycles. The molecule has 0 saturated carbocycles. The topological polar surface area (TPSA) is 23.6 Å². The lowest BCUT2D eigenvalue weighted by atomic mass is 10.0. The second-order valence-electron chi connectivity index (χ2n) is 6.51. The molecule has 2 aliphatic heterocycles. The summed E-state index contributed by atoms with van der Waals surface area (Å²) in [6.45, 7) is 12.8. The van der Waals surface area contributed by atoms with Crippen molar-refractivity contribution in [1.29, 1.82) is 0 Å². The van der Waals surface area contributed by atoms with Crippen molar-refractivity contribution in [3.8, 4) is 0 Å². The van der Waals surface area contributed by atoms with Crippen LogP contribution >= 0.6 is 0 Å². The molecule has 0 aromatic rings. The minimum Gasteiger partial charge on any atom is -0.337 e. The second-order valence-corrected chi connectivity index (χ2v) is 6.51. The van der Waals surface area contributed by atoms with E-state index in [1.54, 1.807) is 0 Å². The maximum Gasteiger partial charge on any atom is 0.225 e. The average molecular weight is 224 g/mol. The van der Waals surface area contributed by atoms with E-state index in [-0.39, 0.29) is 11.5 Å². The quantitative estimate of drug-likeness (QED) is 0.677. The molecule has 0 aliphatic carbocycles. The minimum absolute atomic E-state index is 0.141. The van der Waals surface area contributed by atoms with Gasteiger partial charge >= 0.3 is 0 Å². The number of fused-ring (bicyclic) bond motifs is 2. The molecule has 2 atom stereocenters. The van der Waals surface area contributed by atoms with Crippen molar-refractivity contribution in [2.45, 2.75) is 58.7 Å². The average Bonchev–Trinajstić information content (AvgIpc) is 2.73. The van der Waals surface area contributed by atoms with Gasteiger partial charge < -0.3 is 4.90 Å². The monoisotopic (exact) mass is 224 g/mol. The van der Waals surface area contributed by atoms with Crippen LogP contribution in [0.2, 0.25) is 0 Å². The number of nitrogens with zero attached hydrogens (tertiary/aromatic N) is 2. The number of carbonyl (C=O) groups excluding carboxylic acids is 1. The fourth-order valence-corrected chi connectivity index (χ4v) is 3.09. The Labute approximate surface area is 98.8 Å². The van der Waals surface area contributed by atoms with E-state index in [9.17, 15) is 4.79 Å². The molecule has 0 unspecified atom stereocenters. The van der Waals surface area contributed by atoms with Gasteiger partial charge in [-0.2, -0.15) is 0 Å². The Hall–Kier alpha value is -0.570. The van der Waals surface area contributed by atoms with Gasteiger partial charge in [-0.15, -0.1) is 0 Å². The Morgan fingerprint density at radius 2 is 1.81 bits per heavy atom. The molecule has 3 nitrogen and oxygen atoms in total. The SMILES string of the molecule is CC(C)C(=O)N1C[C@@H]2C[C@H]1CN2C(C)(C)C. The minimum atomic E-state index is 0.141. The van der Waals surface area contributed by atoms with Gasteiger partial charge in [-0.25, -0.2) is 0 Å². The molecule has 1 amide bonds. The third-order valence-electron chi connectivity index (χ3n) is 3.88. The molecule has 0 radical (unpaired) electrons. The molecule has 0 spiro atoms. The molecule has 0 N–H and O–H groups in total. The number of hydrogen-bond donors (Lipinski definition) is 0. The first-order chi connectivity index (χ1) is 7.30. The van der Waals surface area contributed by atoms with E-state index in [0.717, 1.165) is 13.1 Å². The van der Waals surface area contributed by atoms with Gasteiger partial charge in [0.15, 0.2) is 0 Å². The Morgan fingerprint density at radius 1 is 1.19 bits per heavy atom. The fourth-order valence-electron chi connectivity index (χ4n) is 3.09. The van der Waals surface area contributed by atoms with Crippen molar-refractivity contribution >= 4 is 5.91 Å². The van der Waals surface area contributed by atoms with Crippen molar-refractivity contribution in [3.63, 3.8) is 0 Å². The van der Waals surface area contributed by atoms with E-state index >= 15 is 0 Å². The number of hydrogen-bond acceptors (Lipinski definition) is 2. The predicted octanol–water partition coefficient (Wildman–Crippen LogP) is 1.73. The van der Waals surface area contributed by atoms with Gasteiger partial charge in [0.2, 0.25) is 5.91 Å². The first kappa shape index (κ1) is 11.9. The summed E-state index contributed by atoms with van der Waals surface area (Å²) in [5.74, 6) is 0.475. The molecular weight excluding hydrogens is 200 g/mol. The highest BCUT2D eigenvalue weighted by molar-refractivity contribution is 5.79. The first-order valence-electron chi connectivity index (χ1n) is 6.38. The lowest BCUT2D eigenvalue weighted by Crippen LogP contribution is -2.55. The Balaban J connectivity index is 2.04. The normalized spacial score (nSPS) is 30.5. The van der Waals surface area contributed by atoms with Crippen LogP contribution in [0.3, 0.4) is 0 Å². The second kappa shape index (κ2) is 3.73. The van der Waals surface area contributed by atoms with E-state index < -0.39 is 0 Å². The molecule has 2 saturated heterocycles. The van der Waals surface area contributed by atoms with Crippen molar-refractivity contribution in [1.82, 2.24) is 9.80 Å². The molecule has 2 bridgehead atoms. The van der Waals surface area contributed by atoms with Crippen LogP contribution in [-0.4, -0.2) is 46.4 Å². The summed E-state index contributed by atoms with van der Waals surface area (Å²) in [6, 6.07) is 1.06. The highest BCUT2D eigenvalue weighted by Gasteiger charge is 2.48. The third-order valence-corrected chi connectivity index (χ3v) is 3.88. The molecule has 92 valence electrons. The molecule has 2 aliphatic rings. The van der Waals surface area contributed by atoms with E-state index in [1.165, 1.54) is 6.42 Å². The van der Waals surface area contributed by atoms with E-state index in [2.05, 4.69) is 30.6 Å². The summed E-state index contributed by atoms with van der Waals surface area (Å²) < 4.78 is 0. The maximum absolute atomic E-state index is 12.0. The van der Waals surface area contributed by atoms with Gasteiger partial charge in [0, 0.05) is 36.6 Å². The van der Waals surface area contributed by atoms with Gasteiger partial charge in [-0.3, -0.25) is 9.69 Å². The zero-order valence-corrected chi connectivity index (χ0v) is 11.2. The lowest BCUT2D eigenvalue weighted by molar-refractivity contribution is -0.137. The van der Waals surface area contributed by atoms with Gasteiger partial charge in [-0.05, 0) is 27.2 Å². The van der Waals surface area contributed by atoms with Crippen LogP contribution in [0.1, 0.15) is 41.0 Å². The molecule has 0 aromatic heterocycles. The van der Waals surface area contributed by atoms with Crippen LogP contribution in [0.15, 0.2) is 0 Å². The summed E-state index contributed by atoms with van der Waals surface area (Å²) in [7, 11) is 0. The Bertz CT molecular complexity index is 293. The standard InChI is InChI=1S/C13H24N2O/c1-9(2)12(16)14-7-11-6-10(14)8-15(11)13(3,4)5/h9-11H,6-8H2,1-5H3/t10-,11-/m0/s1. The van der Waals surface area contributed by atoms with E-state index in [4.69, 9.17) is 0 Å². The van der Waals surface area contributed by atoms with Crippen LogP contribution in [0, 0.1) is 5.92 Å². The molecular formula is C13H24N2O. The van der Waals surface area contributed by atoms with Crippen molar-refractivity contribution < 1.29 is 4.79 Å². The summed E-state index contributed by atoms with van der Waals surface area (Å²) in [5, 5.41) is 0. The largest absolute Gasteiger partial charge is 0.337 e. The lowest BCUT2D eigenvalue weighted by Gasteiger charge is -2.42. The van der Waals surface area contributed by atoms with Crippen LogP contribution in [0.25, 0.3) is 0 Å². The predicted molar refractivity (Wildman–Crippen MR) is 65.2 cm³/mol. The van der Waals surface area contributed by atoms with Crippen LogP contribution in [0.4, 0.5) is 0 Å². The maximum atomic E-state index is 12.0. The fraction of sp³-hybridized carbons (Fsp3) is 0.923. The number of amides is 1. The van der Waals surface area contributed by atoms with Crippen molar-refractivity contribution in [2.24, 2.45) is 5.92 Å². The summed E-state index contributed by atoms with van der Waals surface area (Å²) in [4.78, 5) is 16.7. The zero-order chi connectivity index (χ0) is 12.1. The number of rotatable bonds is 1. The highest BCUT2D eigenvalue weighted by atomic mass is 16.2. The van der Waals surface area contributed by atoms with Crippen LogP contribution in [-0.2, 0) is 4.79 Å². The summed E-state index contributed by atoms with van der Waals surface area (Å²) >= 11 is 0. The third kappa shape index (κ3) is 1.86. The number of piperazine rings is 1. The summed E-state index contributed by atoms with van der Waals surface area (Å²) in [5.41, 5.74) is 0.242. The zero-order valence-electron chi connectivity index (χ0n) is 11.2. The van der Waals surface area contributed by atoms with E-state index in [1.807, 2.05) is 13.8 Å². The number of likely N-dealkylation sites (tertiary alicyclic amines) is 2. The Morgan fingerprint density at radius 3 is 2.19 bits per heavy atom. The smallest absolute Gasteiger partial charge is 0.225 e. The molecule has 2 fully saturated rings. The molecule has 0 aromatic carbocycles. The summed E-state index contributed by atoms with van der Waals surface area (Å²) in [6.07, 6.45) is 1.18.